The highest BCUT2D eigenvalue weighted by Crippen LogP contribution is 2.29. The molecule has 1 nitrogen and oxygen atoms in total. The largest absolute Gasteiger partial charge is 0.324 e. The molecule has 100 valence electrons. The van der Waals surface area contributed by atoms with Gasteiger partial charge in [0.1, 0.15) is 0 Å². The van der Waals surface area contributed by atoms with E-state index in [4.69, 9.17) is 28.9 Å². The molecule has 2 aromatic rings. The van der Waals surface area contributed by atoms with Crippen molar-refractivity contribution in [1.29, 1.82) is 0 Å². The third kappa shape index (κ3) is 4.08. The number of benzene rings is 2. The van der Waals surface area contributed by atoms with E-state index in [1.165, 1.54) is 0 Å². The Morgan fingerprint density at radius 1 is 1.16 bits per heavy atom. The summed E-state index contributed by atoms with van der Waals surface area (Å²) in [4.78, 5) is 0. The van der Waals surface area contributed by atoms with E-state index in [1.807, 2.05) is 24.3 Å². The second-order valence-corrected chi connectivity index (χ2v) is 7.16. The highest BCUT2D eigenvalue weighted by Gasteiger charge is 2.13. The maximum atomic E-state index is 6.28. The molecule has 0 aliphatic carbocycles. The second kappa shape index (κ2) is 6.76. The Hall–Kier alpha value is 0.190. The first-order valence-electron chi connectivity index (χ1n) is 5.62. The molecule has 19 heavy (non-hydrogen) atoms. The van der Waals surface area contributed by atoms with Crippen molar-refractivity contribution in [3.05, 3.63) is 65.6 Å². The monoisotopic (exact) mass is 469 g/mol. The molecule has 5 heteroatoms. The van der Waals surface area contributed by atoms with Crippen LogP contribution in [0.4, 0.5) is 0 Å². The van der Waals surface area contributed by atoms with Gasteiger partial charge in [0.2, 0.25) is 0 Å². The van der Waals surface area contributed by atoms with Gasteiger partial charge in [0.25, 0.3) is 0 Å². The fourth-order valence-corrected chi connectivity index (χ4v) is 3.37. The van der Waals surface area contributed by atoms with Crippen LogP contribution in [0.2, 0.25) is 10.0 Å². The molecule has 0 saturated carbocycles. The first-order valence-corrected chi connectivity index (χ1v) is 8.24. The molecule has 2 rings (SSSR count). The van der Waals surface area contributed by atoms with Crippen molar-refractivity contribution in [3.63, 3.8) is 0 Å². The summed E-state index contributed by atoms with van der Waals surface area (Å²) in [6, 6.07) is 11.5. The molecule has 0 amide bonds. The predicted octanol–water partition coefficient (Wildman–Crippen LogP) is 5.60. The molecule has 0 spiro atoms. The molecule has 2 N–H and O–H groups in total. The Morgan fingerprint density at radius 3 is 2.58 bits per heavy atom. The van der Waals surface area contributed by atoms with Gasteiger partial charge in [0.15, 0.2) is 0 Å². The summed E-state index contributed by atoms with van der Waals surface area (Å²) in [6.45, 7) is 0. The summed E-state index contributed by atoms with van der Waals surface area (Å²) >= 11 is 17.9. The minimum Gasteiger partial charge on any atom is -0.324 e. The molecule has 0 bridgehead atoms. The average molecular weight is 471 g/mol. The van der Waals surface area contributed by atoms with E-state index in [0.717, 1.165) is 19.2 Å². The molecule has 0 radical (unpaired) electrons. The molecule has 0 heterocycles. The maximum Gasteiger partial charge on any atom is 0.0453 e. The average Bonchev–Trinajstić information content (AvgIpc) is 2.35. The molecule has 0 aliphatic rings. The number of nitrogens with two attached hydrogens (primary N) is 1. The van der Waals surface area contributed by atoms with E-state index < -0.39 is 0 Å². The standard InChI is InChI=1S/C14H11BrCl2IN/c15-12-4-3-10(18)7-11(12)14(19)5-8-1-2-9(16)6-13(8)17/h1-4,6-7,14H,5,19H2. The molecule has 0 aliphatic heterocycles. The zero-order valence-electron chi connectivity index (χ0n) is 9.84. The highest BCUT2D eigenvalue weighted by atomic mass is 127. The van der Waals surface area contributed by atoms with Crippen molar-refractivity contribution in [2.24, 2.45) is 5.73 Å². The lowest BCUT2D eigenvalue weighted by molar-refractivity contribution is 0.718. The van der Waals surface area contributed by atoms with Gasteiger partial charge in [-0.3, -0.25) is 0 Å². The Morgan fingerprint density at radius 2 is 1.89 bits per heavy atom. The molecule has 0 saturated heterocycles. The summed E-state index contributed by atoms with van der Waals surface area (Å²) in [6.07, 6.45) is 0.675. The van der Waals surface area contributed by atoms with E-state index in [-0.39, 0.29) is 6.04 Å². The molecule has 1 unspecified atom stereocenters. The van der Waals surface area contributed by atoms with Crippen molar-refractivity contribution in [2.45, 2.75) is 12.5 Å². The molecular weight excluding hydrogens is 460 g/mol. The maximum absolute atomic E-state index is 6.28. The van der Waals surface area contributed by atoms with Crippen molar-refractivity contribution in [2.75, 3.05) is 0 Å². The van der Waals surface area contributed by atoms with Crippen LogP contribution in [0.25, 0.3) is 0 Å². The molecule has 0 fully saturated rings. The lowest BCUT2D eigenvalue weighted by Gasteiger charge is -2.15. The summed E-state index contributed by atoms with van der Waals surface area (Å²) in [7, 11) is 0. The topological polar surface area (TPSA) is 26.0 Å². The number of hydrogen-bond acceptors (Lipinski definition) is 1. The molecule has 0 aromatic heterocycles. The van der Waals surface area contributed by atoms with Gasteiger partial charge in [-0.1, -0.05) is 45.2 Å². The van der Waals surface area contributed by atoms with E-state index >= 15 is 0 Å². The molecule has 1 atom stereocenters. The van der Waals surface area contributed by atoms with Crippen molar-refractivity contribution in [3.8, 4) is 0 Å². The lowest BCUT2D eigenvalue weighted by atomic mass is 10.00. The summed E-state index contributed by atoms with van der Waals surface area (Å²) < 4.78 is 2.18. The Balaban J connectivity index is 2.25. The van der Waals surface area contributed by atoms with Crippen LogP contribution in [0.1, 0.15) is 17.2 Å². The van der Waals surface area contributed by atoms with Crippen molar-refractivity contribution < 1.29 is 0 Å². The van der Waals surface area contributed by atoms with Crippen LogP contribution in [-0.4, -0.2) is 0 Å². The van der Waals surface area contributed by atoms with Gasteiger partial charge in [-0.05, 0) is 70.5 Å². The minimum atomic E-state index is -0.109. The summed E-state index contributed by atoms with van der Waals surface area (Å²) in [5.41, 5.74) is 8.36. The molecular formula is C14H11BrCl2IN. The van der Waals surface area contributed by atoms with Gasteiger partial charge in [-0.15, -0.1) is 0 Å². The quantitative estimate of drug-likeness (QED) is 0.580. The summed E-state index contributed by atoms with van der Waals surface area (Å²) in [5.74, 6) is 0. The van der Waals surface area contributed by atoms with Crippen LogP contribution in [-0.2, 0) is 6.42 Å². The zero-order chi connectivity index (χ0) is 14.0. The van der Waals surface area contributed by atoms with Crippen LogP contribution < -0.4 is 5.73 Å². The Labute approximate surface area is 144 Å². The van der Waals surface area contributed by atoms with Gasteiger partial charge in [0, 0.05) is 24.1 Å². The van der Waals surface area contributed by atoms with Gasteiger partial charge in [-0.2, -0.15) is 0 Å². The fraction of sp³-hybridized carbons (Fsp3) is 0.143. The Bertz CT molecular complexity index is 604. The predicted molar refractivity (Wildman–Crippen MR) is 94.0 cm³/mol. The van der Waals surface area contributed by atoms with E-state index in [2.05, 4.69) is 44.6 Å². The first kappa shape index (κ1) is 15.6. The van der Waals surface area contributed by atoms with E-state index in [1.54, 1.807) is 6.07 Å². The number of rotatable bonds is 3. The van der Waals surface area contributed by atoms with E-state index in [0.29, 0.717) is 16.5 Å². The van der Waals surface area contributed by atoms with Crippen LogP contribution in [0.5, 0.6) is 0 Å². The highest BCUT2D eigenvalue weighted by molar-refractivity contribution is 14.1. The van der Waals surface area contributed by atoms with Crippen LogP contribution in [0, 0.1) is 3.57 Å². The zero-order valence-corrected chi connectivity index (χ0v) is 15.1. The first-order chi connectivity index (χ1) is 8.97. The van der Waals surface area contributed by atoms with E-state index in [9.17, 15) is 0 Å². The number of halogens is 4. The third-order valence-corrected chi connectivity index (χ3v) is 4.79. The van der Waals surface area contributed by atoms with Gasteiger partial charge in [0.05, 0.1) is 0 Å². The van der Waals surface area contributed by atoms with Crippen molar-refractivity contribution >= 4 is 61.7 Å². The SMILES string of the molecule is NC(Cc1ccc(Cl)cc1Cl)c1cc(I)ccc1Br. The van der Waals surface area contributed by atoms with Gasteiger partial charge >= 0.3 is 0 Å². The Kier molecular flexibility index (Phi) is 5.55. The fourth-order valence-electron chi connectivity index (χ4n) is 1.83. The second-order valence-electron chi connectivity index (χ2n) is 4.21. The van der Waals surface area contributed by atoms with Gasteiger partial charge in [-0.25, -0.2) is 0 Å². The molecule has 2 aromatic carbocycles. The lowest BCUT2D eigenvalue weighted by Crippen LogP contribution is -2.14. The number of hydrogen-bond donors (Lipinski definition) is 1. The minimum absolute atomic E-state index is 0.109. The summed E-state index contributed by atoms with van der Waals surface area (Å²) in [5, 5.41) is 1.29. The van der Waals surface area contributed by atoms with Crippen LogP contribution in [0.15, 0.2) is 40.9 Å². The third-order valence-electron chi connectivity index (χ3n) is 2.81. The smallest absolute Gasteiger partial charge is 0.0453 e. The van der Waals surface area contributed by atoms with Gasteiger partial charge < -0.3 is 5.73 Å². The van der Waals surface area contributed by atoms with Crippen LogP contribution in [0.3, 0.4) is 0 Å². The van der Waals surface area contributed by atoms with Crippen molar-refractivity contribution in [1.82, 2.24) is 0 Å². The normalized spacial score (nSPS) is 12.5. The van der Waals surface area contributed by atoms with Crippen LogP contribution >= 0.6 is 61.7 Å².